The monoisotopic (exact) mass is 238 g/mol. The van der Waals surface area contributed by atoms with E-state index < -0.39 is 0 Å². The summed E-state index contributed by atoms with van der Waals surface area (Å²) in [5.74, 6) is 1.48. The number of benzene rings is 1. The Labute approximate surface area is 102 Å². The second-order valence-corrected chi connectivity index (χ2v) is 5.33. The van der Waals surface area contributed by atoms with E-state index in [4.69, 9.17) is 17.3 Å². The Kier molecular flexibility index (Phi) is 3.29. The van der Waals surface area contributed by atoms with E-state index in [0.717, 1.165) is 22.3 Å². The third-order valence-electron chi connectivity index (χ3n) is 3.82. The molecule has 0 spiro atoms. The van der Waals surface area contributed by atoms with Crippen molar-refractivity contribution in [2.24, 2.45) is 11.8 Å². The highest BCUT2D eigenvalue weighted by Crippen LogP contribution is 2.34. The van der Waals surface area contributed by atoms with Crippen molar-refractivity contribution in [3.8, 4) is 0 Å². The zero-order chi connectivity index (χ0) is 11.7. The van der Waals surface area contributed by atoms with Gasteiger partial charge in [0.1, 0.15) is 0 Å². The molecule has 1 saturated carbocycles. The van der Waals surface area contributed by atoms with Gasteiger partial charge in [-0.3, -0.25) is 0 Å². The van der Waals surface area contributed by atoms with Gasteiger partial charge in [0, 0.05) is 11.1 Å². The van der Waals surface area contributed by atoms with Crippen LogP contribution in [0.5, 0.6) is 0 Å². The fourth-order valence-electron chi connectivity index (χ4n) is 2.42. The van der Waals surface area contributed by atoms with E-state index in [0.29, 0.717) is 12.0 Å². The summed E-state index contributed by atoms with van der Waals surface area (Å²) >= 11 is 5.97. The highest BCUT2D eigenvalue weighted by Gasteiger charge is 2.29. The smallest absolute Gasteiger partial charge is 0.0591 e. The minimum absolute atomic E-state index is 0.524. The Morgan fingerprint density at radius 1 is 1.31 bits per heavy atom. The molecule has 0 heterocycles. The van der Waals surface area contributed by atoms with Crippen molar-refractivity contribution in [3.63, 3.8) is 0 Å². The summed E-state index contributed by atoms with van der Waals surface area (Å²) in [5, 5.41) is 4.25. The van der Waals surface area contributed by atoms with Gasteiger partial charge in [-0.05, 0) is 42.9 Å². The summed E-state index contributed by atoms with van der Waals surface area (Å²) in [7, 11) is 0. The highest BCUT2D eigenvalue weighted by molar-refractivity contribution is 6.31. The van der Waals surface area contributed by atoms with Gasteiger partial charge in [0.25, 0.3) is 0 Å². The standard InChI is InChI=1S/C13H19ClN2/c1-8-3-6-12(9(8)2)16-13-7-10(14)4-5-11(13)15/h4-5,7-9,12,16H,3,6,15H2,1-2H3. The van der Waals surface area contributed by atoms with Crippen LogP contribution in [0.4, 0.5) is 11.4 Å². The van der Waals surface area contributed by atoms with E-state index in [9.17, 15) is 0 Å². The van der Waals surface area contributed by atoms with Crippen LogP contribution in [0.25, 0.3) is 0 Å². The van der Waals surface area contributed by atoms with Crippen LogP contribution in [-0.4, -0.2) is 6.04 Å². The Hall–Kier alpha value is -0.890. The molecule has 1 aliphatic carbocycles. The molecule has 0 aliphatic heterocycles. The molecule has 2 rings (SSSR count). The third-order valence-corrected chi connectivity index (χ3v) is 4.06. The molecule has 1 fully saturated rings. The quantitative estimate of drug-likeness (QED) is 0.770. The molecule has 3 N–H and O–H groups in total. The molecular weight excluding hydrogens is 220 g/mol. The van der Waals surface area contributed by atoms with Crippen molar-refractivity contribution in [3.05, 3.63) is 23.2 Å². The Bertz CT molecular complexity index is 378. The lowest BCUT2D eigenvalue weighted by molar-refractivity contribution is 0.435. The normalized spacial score (nSPS) is 29.3. The minimum atomic E-state index is 0.524. The molecular formula is C13H19ClN2. The van der Waals surface area contributed by atoms with Gasteiger partial charge in [0.15, 0.2) is 0 Å². The van der Waals surface area contributed by atoms with E-state index in [1.54, 1.807) is 0 Å². The fourth-order valence-corrected chi connectivity index (χ4v) is 2.59. The maximum absolute atomic E-state index is 5.97. The summed E-state index contributed by atoms with van der Waals surface area (Å²) in [6, 6.07) is 6.11. The Balaban J connectivity index is 2.12. The predicted molar refractivity (Wildman–Crippen MR) is 70.8 cm³/mol. The number of nitrogens with two attached hydrogens (primary N) is 1. The first-order chi connectivity index (χ1) is 7.58. The average Bonchev–Trinajstić information content (AvgIpc) is 2.55. The molecule has 3 heteroatoms. The third kappa shape index (κ3) is 2.27. The van der Waals surface area contributed by atoms with E-state index >= 15 is 0 Å². The molecule has 0 amide bonds. The van der Waals surface area contributed by atoms with Crippen LogP contribution in [0, 0.1) is 11.8 Å². The number of halogens is 1. The average molecular weight is 239 g/mol. The fraction of sp³-hybridized carbons (Fsp3) is 0.538. The van der Waals surface area contributed by atoms with Gasteiger partial charge in [0.2, 0.25) is 0 Å². The van der Waals surface area contributed by atoms with E-state index in [1.165, 1.54) is 12.8 Å². The first-order valence-electron chi connectivity index (χ1n) is 5.89. The molecule has 1 aromatic rings. The molecule has 3 atom stereocenters. The number of hydrogen-bond donors (Lipinski definition) is 2. The molecule has 0 bridgehead atoms. The van der Waals surface area contributed by atoms with Gasteiger partial charge in [0.05, 0.1) is 11.4 Å². The van der Waals surface area contributed by atoms with Crippen LogP contribution >= 0.6 is 11.6 Å². The zero-order valence-electron chi connectivity index (χ0n) is 9.83. The summed E-state index contributed by atoms with van der Waals surface area (Å²) in [5.41, 5.74) is 7.67. The minimum Gasteiger partial charge on any atom is -0.397 e. The SMILES string of the molecule is CC1CCC(Nc2cc(Cl)ccc2N)C1C. The van der Waals surface area contributed by atoms with Crippen LogP contribution in [-0.2, 0) is 0 Å². The van der Waals surface area contributed by atoms with E-state index in [-0.39, 0.29) is 0 Å². The number of nitrogens with one attached hydrogen (secondary N) is 1. The van der Waals surface area contributed by atoms with E-state index in [2.05, 4.69) is 19.2 Å². The predicted octanol–water partition coefficient (Wildman–Crippen LogP) is 3.77. The van der Waals surface area contributed by atoms with Crippen LogP contribution in [0.1, 0.15) is 26.7 Å². The van der Waals surface area contributed by atoms with Crippen molar-refractivity contribution in [2.75, 3.05) is 11.1 Å². The van der Waals surface area contributed by atoms with Gasteiger partial charge in [-0.25, -0.2) is 0 Å². The van der Waals surface area contributed by atoms with Crippen LogP contribution in [0.3, 0.4) is 0 Å². The number of nitrogen functional groups attached to an aromatic ring is 1. The lowest BCUT2D eigenvalue weighted by atomic mass is 9.97. The van der Waals surface area contributed by atoms with Gasteiger partial charge in [-0.15, -0.1) is 0 Å². The molecule has 16 heavy (non-hydrogen) atoms. The maximum atomic E-state index is 5.97. The van der Waals surface area contributed by atoms with Crippen LogP contribution in [0.15, 0.2) is 18.2 Å². The molecule has 88 valence electrons. The summed E-state index contributed by atoms with van der Waals surface area (Å²) < 4.78 is 0. The van der Waals surface area contributed by atoms with Gasteiger partial charge < -0.3 is 11.1 Å². The Morgan fingerprint density at radius 2 is 2.06 bits per heavy atom. The van der Waals surface area contributed by atoms with Crippen molar-refractivity contribution in [2.45, 2.75) is 32.7 Å². The lowest BCUT2D eigenvalue weighted by Gasteiger charge is -2.21. The van der Waals surface area contributed by atoms with Crippen molar-refractivity contribution < 1.29 is 0 Å². The van der Waals surface area contributed by atoms with Crippen LogP contribution < -0.4 is 11.1 Å². The van der Waals surface area contributed by atoms with E-state index in [1.807, 2.05) is 18.2 Å². The topological polar surface area (TPSA) is 38.0 Å². The summed E-state index contributed by atoms with van der Waals surface area (Å²) in [6.45, 7) is 4.61. The van der Waals surface area contributed by atoms with Gasteiger partial charge >= 0.3 is 0 Å². The van der Waals surface area contributed by atoms with Crippen LogP contribution in [0.2, 0.25) is 5.02 Å². The molecule has 3 unspecified atom stereocenters. The second kappa shape index (κ2) is 4.54. The van der Waals surface area contributed by atoms with Gasteiger partial charge in [-0.1, -0.05) is 25.4 Å². The lowest BCUT2D eigenvalue weighted by Crippen LogP contribution is -2.24. The van der Waals surface area contributed by atoms with Crippen molar-refractivity contribution >= 4 is 23.0 Å². The largest absolute Gasteiger partial charge is 0.397 e. The number of hydrogen-bond acceptors (Lipinski definition) is 2. The van der Waals surface area contributed by atoms with Crippen molar-refractivity contribution in [1.29, 1.82) is 0 Å². The summed E-state index contributed by atoms with van der Waals surface area (Å²) in [6.07, 6.45) is 2.51. The molecule has 0 aromatic heterocycles. The van der Waals surface area contributed by atoms with Crippen molar-refractivity contribution in [1.82, 2.24) is 0 Å². The maximum Gasteiger partial charge on any atom is 0.0591 e. The molecule has 1 aromatic carbocycles. The molecule has 1 aliphatic rings. The molecule has 0 radical (unpaired) electrons. The molecule has 2 nitrogen and oxygen atoms in total. The highest BCUT2D eigenvalue weighted by atomic mass is 35.5. The zero-order valence-corrected chi connectivity index (χ0v) is 10.6. The summed E-state index contributed by atoms with van der Waals surface area (Å²) in [4.78, 5) is 0. The first kappa shape index (κ1) is 11.6. The second-order valence-electron chi connectivity index (χ2n) is 4.90. The van der Waals surface area contributed by atoms with Gasteiger partial charge in [-0.2, -0.15) is 0 Å². The Morgan fingerprint density at radius 3 is 2.69 bits per heavy atom. The number of anilines is 2. The number of rotatable bonds is 2. The molecule has 0 saturated heterocycles. The first-order valence-corrected chi connectivity index (χ1v) is 6.27.